The molecule has 2 rings (SSSR count). The molecule has 0 saturated heterocycles. The molecule has 1 aliphatic rings. The van der Waals surface area contributed by atoms with Gasteiger partial charge in [0.25, 0.3) is 11.8 Å². The second-order valence-corrected chi connectivity index (χ2v) is 5.88. The van der Waals surface area contributed by atoms with Crippen LogP contribution in [0.15, 0.2) is 24.3 Å². The number of rotatable bonds is 16. The Morgan fingerprint density at radius 2 is 1.14 bits per heavy atom. The Bertz CT molecular complexity index is 644. The lowest BCUT2D eigenvalue weighted by Crippen LogP contribution is -2.31. The summed E-state index contributed by atoms with van der Waals surface area (Å²) in [5.74, 6) is -1.83. The van der Waals surface area contributed by atoms with Crippen LogP contribution in [0.4, 0.5) is 0 Å². The molecule has 0 radical (unpaired) electrons. The molecule has 1 aromatic rings. The SMILES string of the molecule is O=C(O)CCOCCOCCOCCOCCON1C(=O)c2ccccc2C1=O. The van der Waals surface area contributed by atoms with Crippen LogP contribution in [0.2, 0.25) is 0 Å². The third kappa shape index (κ3) is 7.87. The van der Waals surface area contributed by atoms with E-state index in [1.165, 1.54) is 0 Å². The van der Waals surface area contributed by atoms with Crippen molar-refractivity contribution in [1.82, 2.24) is 5.06 Å². The van der Waals surface area contributed by atoms with E-state index in [-0.39, 0.29) is 26.2 Å². The van der Waals surface area contributed by atoms with E-state index in [0.717, 1.165) is 5.06 Å². The minimum atomic E-state index is -0.892. The number of hydrogen-bond donors (Lipinski definition) is 1. The number of hydroxylamine groups is 2. The summed E-state index contributed by atoms with van der Waals surface area (Å²) in [6, 6.07) is 6.56. The highest BCUT2D eigenvalue weighted by molar-refractivity contribution is 6.20. The van der Waals surface area contributed by atoms with Gasteiger partial charge in [-0.2, -0.15) is 0 Å². The molecule has 1 heterocycles. The maximum Gasteiger partial charge on any atom is 0.305 e. The number of amides is 2. The van der Waals surface area contributed by atoms with E-state index in [1.807, 2.05) is 0 Å². The van der Waals surface area contributed by atoms with Crippen LogP contribution in [-0.2, 0) is 28.6 Å². The van der Waals surface area contributed by atoms with Crippen LogP contribution < -0.4 is 0 Å². The van der Waals surface area contributed by atoms with Crippen molar-refractivity contribution in [2.45, 2.75) is 6.42 Å². The van der Waals surface area contributed by atoms with Crippen molar-refractivity contribution in [3.05, 3.63) is 35.4 Å². The highest BCUT2D eigenvalue weighted by atomic mass is 16.7. The van der Waals surface area contributed by atoms with Gasteiger partial charge in [0, 0.05) is 0 Å². The number of carboxylic acid groups (broad SMARTS) is 1. The Balaban J connectivity index is 1.39. The normalized spacial score (nSPS) is 13.2. The molecule has 10 heteroatoms. The quantitative estimate of drug-likeness (QED) is 0.310. The summed E-state index contributed by atoms with van der Waals surface area (Å²) >= 11 is 0. The van der Waals surface area contributed by atoms with Crippen LogP contribution in [0.25, 0.3) is 0 Å². The molecule has 0 atom stereocenters. The third-order valence-corrected chi connectivity index (χ3v) is 3.78. The average Bonchev–Trinajstić information content (AvgIpc) is 2.95. The number of ether oxygens (including phenoxy) is 4. The Hall–Kier alpha value is -2.37. The molecule has 160 valence electrons. The van der Waals surface area contributed by atoms with Gasteiger partial charge in [0.05, 0.1) is 77.0 Å². The third-order valence-electron chi connectivity index (χ3n) is 3.78. The fraction of sp³-hybridized carbons (Fsp3) is 0.526. The van der Waals surface area contributed by atoms with Crippen LogP contribution >= 0.6 is 0 Å². The minimum Gasteiger partial charge on any atom is -0.481 e. The summed E-state index contributed by atoms with van der Waals surface area (Å²) in [5.41, 5.74) is 0.668. The number of benzene rings is 1. The number of carboxylic acids is 1. The first kappa shape index (κ1) is 22.9. The van der Waals surface area contributed by atoms with Gasteiger partial charge in [-0.05, 0) is 12.1 Å². The zero-order valence-corrected chi connectivity index (χ0v) is 16.0. The van der Waals surface area contributed by atoms with Gasteiger partial charge < -0.3 is 24.1 Å². The van der Waals surface area contributed by atoms with Crippen LogP contribution in [-0.4, -0.2) is 87.4 Å². The Kier molecular flexibility index (Phi) is 10.2. The zero-order valence-electron chi connectivity index (χ0n) is 16.0. The fourth-order valence-electron chi connectivity index (χ4n) is 2.39. The van der Waals surface area contributed by atoms with Gasteiger partial charge in [0.1, 0.15) is 0 Å². The van der Waals surface area contributed by atoms with E-state index in [1.54, 1.807) is 24.3 Å². The average molecular weight is 411 g/mol. The molecule has 1 aliphatic heterocycles. The van der Waals surface area contributed by atoms with Crippen LogP contribution in [0.1, 0.15) is 27.1 Å². The molecular formula is C19H25NO9. The number of hydrogen-bond acceptors (Lipinski definition) is 8. The molecule has 0 saturated carbocycles. The van der Waals surface area contributed by atoms with Gasteiger partial charge >= 0.3 is 5.97 Å². The number of carbonyl (C=O) groups is 3. The summed E-state index contributed by atoms with van der Waals surface area (Å²) in [5, 5.41) is 9.19. The van der Waals surface area contributed by atoms with Gasteiger partial charge in [0.2, 0.25) is 0 Å². The van der Waals surface area contributed by atoms with Gasteiger partial charge in [-0.25, -0.2) is 0 Å². The predicted molar refractivity (Wildman–Crippen MR) is 98.4 cm³/mol. The molecule has 1 N–H and O–H groups in total. The largest absolute Gasteiger partial charge is 0.481 e. The van der Waals surface area contributed by atoms with Crippen molar-refractivity contribution in [2.75, 3.05) is 59.5 Å². The van der Waals surface area contributed by atoms with E-state index in [4.69, 9.17) is 28.9 Å². The van der Waals surface area contributed by atoms with Gasteiger partial charge in [-0.3, -0.25) is 19.2 Å². The summed E-state index contributed by atoms with van der Waals surface area (Å²) < 4.78 is 21.0. The molecule has 0 bridgehead atoms. The summed E-state index contributed by atoms with van der Waals surface area (Å²) in [6.45, 7) is 2.64. The van der Waals surface area contributed by atoms with Crippen LogP contribution in [0.3, 0.4) is 0 Å². The highest BCUT2D eigenvalue weighted by Gasteiger charge is 2.36. The molecular weight excluding hydrogens is 386 g/mol. The first-order valence-electron chi connectivity index (χ1n) is 9.24. The van der Waals surface area contributed by atoms with Crippen molar-refractivity contribution >= 4 is 17.8 Å². The number of nitrogens with zero attached hydrogens (tertiary/aromatic N) is 1. The van der Waals surface area contributed by atoms with Crippen molar-refractivity contribution in [1.29, 1.82) is 0 Å². The molecule has 0 aromatic heterocycles. The number of imide groups is 1. The zero-order chi connectivity index (χ0) is 20.9. The lowest BCUT2D eigenvalue weighted by Gasteiger charge is -2.13. The molecule has 29 heavy (non-hydrogen) atoms. The lowest BCUT2D eigenvalue weighted by atomic mass is 10.1. The van der Waals surface area contributed by atoms with Crippen molar-refractivity contribution in [2.24, 2.45) is 0 Å². The van der Waals surface area contributed by atoms with Crippen molar-refractivity contribution < 1.29 is 43.3 Å². The summed E-state index contributed by atoms with van der Waals surface area (Å²) in [7, 11) is 0. The topological polar surface area (TPSA) is 121 Å². The number of carbonyl (C=O) groups excluding carboxylic acids is 2. The lowest BCUT2D eigenvalue weighted by molar-refractivity contribution is -0.138. The molecule has 0 spiro atoms. The Morgan fingerprint density at radius 3 is 1.59 bits per heavy atom. The molecule has 0 unspecified atom stereocenters. The van der Waals surface area contributed by atoms with Crippen molar-refractivity contribution in [3.8, 4) is 0 Å². The number of fused-ring (bicyclic) bond motifs is 1. The standard InChI is InChI=1S/C19H25NO9/c21-17(22)5-6-25-7-8-26-9-10-27-11-12-28-13-14-29-20-18(23)15-3-1-2-4-16(15)19(20)24/h1-4H,5-14H2,(H,21,22). The van der Waals surface area contributed by atoms with Crippen LogP contribution in [0, 0.1) is 0 Å². The van der Waals surface area contributed by atoms with Gasteiger partial charge in [-0.15, -0.1) is 5.06 Å². The second-order valence-electron chi connectivity index (χ2n) is 5.88. The van der Waals surface area contributed by atoms with E-state index < -0.39 is 17.8 Å². The predicted octanol–water partition coefficient (Wildman–Crippen LogP) is 0.755. The maximum atomic E-state index is 12.1. The Morgan fingerprint density at radius 1 is 0.724 bits per heavy atom. The van der Waals surface area contributed by atoms with E-state index in [0.29, 0.717) is 50.8 Å². The summed E-state index contributed by atoms with van der Waals surface area (Å²) in [4.78, 5) is 39.6. The van der Waals surface area contributed by atoms with E-state index >= 15 is 0 Å². The smallest absolute Gasteiger partial charge is 0.305 e. The first-order valence-corrected chi connectivity index (χ1v) is 9.24. The molecule has 2 amide bonds. The highest BCUT2D eigenvalue weighted by Crippen LogP contribution is 2.22. The monoisotopic (exact) mass is 411 g/mol. The van der Waals surface area contributed by atoms with Crippen LogP contribution in [0.5, 0.6) is 0 Å². The van der Waals surface area contributed by atoms with E-state index in [9.17, 15) is 14.4 Å². The maximum absolute atomic E-state index is 12.1. The van der Waals surface area contributed by atoms with Crippen molar-refractivity contribution in [3.63, 3.8) is 0 Å². The minimum absolute atomic E-state index is 0.0214. The molecule has 0 fully saturated rings. The molecule has 10 nitrogen and oxygen atoms in total. The molecule has 1 aromatic carbocycles. The summed E-state index contributed by atoms with van der Waals surface area (Å²) in [6.07, 6.45) is -0.0214. The van der Waals surface area contributed by atoms with Gasteiger partial charge in [0.15, 0.2) is 0 Å². The fourth-order valence-corrected chi connectivity index (χ4v) is 2.39. The number of aliphatic carboxylic acids is 1. The second kappa shape index (κ2) is 13.0. The molecule has 0 aliphatic carbocycles. The van der Waals surface area contributed by atoms with Gasteiger partial charge in [-0.1, -0.05) is 12.1 Å². The Labute approximate surface area is 168 Å². The van der Waals surface area contributed by atoms with E-state index in [2.05, 4.69) is 0 Å². The first-order chi connectivity index (χ1) is 14.1.